The van der Waals surface area contributed by atoms with Crippen LogP contribution in [0.25, 0.3) is 0 Å². The lowest BCUT2D eigenvalue weighted by atomic mass is 9.83. The summed E-state index contributed by atoms with van der Waals surface area (Å²) < 4.78 is 13.5. The number of benzene rings is 1. The Morgan fingerprint density at radius 3 is 2.67 bits per heavy atom. The van der Waals surface area contributed by atoms with Crippen LogP contribution in [0.2, 0.25) is 5.02 Å². The number of hydrazine groups is 1. The standard InChI is InChI=1S/C14H20ClFN2/c15-12-7-6-11(9-13(12)16)14(18-17)8-10-4-2-1-3-5-10/h6-7,9-10,14,18H,1-5,8,17H2. The third kappa shape index (κ3) is 3.44. The van der Waals surface area contributed by atoms with E-state index in [9.17, 15) is 4.39 Å². The minimum atomic E-state index is -0.377. The van der Waals surface area contributed by atoms with Gasteiger partial charge in [0.25, 0.3) is 0 Å². The molecule has 0 aromatic heterocycles. The van der Waals surface area contributed by atoms with Crippen LogP contribution in [0.4, 0.5) is 4.39 Å². The zero-order chi connectivity index (χ0) is 13.0. The Bertz CT molecular complexity index is 391. The van der Waals surface area contributed by atoms with Crippen LogP contribution in [0.3, 0.4) is 0 Å². The van der Waals surface area contributed by atoms with Crippen molar-refractivity contribution < 1.29 is 4.39 Å². The second-order valence-corrected chi connectivity index (χ2v) is 5.54. The van der Waals surface area contributed by atoms with E-state index < -0.39 is 0 Å². The lowest BCUT2D eigenvalue weighted by Crippen LogP contribution is -2.30. The predicted octanol–water partition coefficient (Wildman–Crippen LogP) is 3.95. The van der Waals surface area contributed by atoms with Gasteiger partial charge in [-0.2, -0.15) is 0 Å². The normalized spacial score (nSPS) is 18.8. The molecule has 3 N–H and O–H groups in total. The monoisotopic (exact) mass is 270 g/mol. The Kier molecular flexibility index (Phi) is 4.98. The van der Waals surface area contributed by atoms with Crippen molar-refractivity contribution in [1.82, 2.24) is 5.43 Å². The first-order chi connectivity index (χ1) is 8.70. The number of hydrogen-bond donors (Lipinski definition) is 2. The average Bonchev–Trinajstić information content (AvgIpc) is 2.40. The van der Waals surface area contributed by atoms with Gasteiger partial charge in [0, 0.05) is 6.04 Å². The van der Waals surface area contributed by atoms with Crippen LogP contribution in [0, 0.1) is 11.7 Å². The first-order valence-electron chi connectivity index (χ1n) is 6.62. The SMILES string of the molecule is NNC(CC1CCCCC1)c1ccc(Cl)c(F)c1. The van der Waals surface area contributed by atoms with Crippen LogP contribution >= 0.6 is 11.6 Å². The highest BCUT2D eigenvalue weighted by molar-refractivity contribution is 6.30. The largest absolute Gasteiger partial charge is 0.271 e. The van der Waals surface area contributed by atoms with Crippen LogP contribution in [0.15, 0.2) is 18.2 Å². The van der Waals surface area contributed by atoms with E-state index in [1.807, 2.05) is 6.07 Å². The van der Waals surface area contributed by atoms with E-state index in [2.05, 4.69) is 5.43 Å². The van der Waals surface area contributed by atoms with Gasteiger partial charge in [0.1, 0.15) is 5.82 Å². The summed E-state index contributed by atoms with van der Waals surface area (Å²) in [7, 11) is 0. The predicted molar refractivity (Wildman–Crippen MR) is 72.7 cm³/mol. The van der Waals surface area contributed by atoms with Crippen molar-refractivity contribution in [3.8, 4) is 0 Å². The molecule has 0 spiro atoms. The molecule has 0 saturated heterocycles. The first kappa shape index (κ1) is 13.8. The lowest BCUT2D eigenvalue weighted by molar-refractivity contribution is 0.301. The molecule has 0 heterocycles. The first-order valence-corrected chi connectivity index (χ1v) is 6.99. The number of nitrogens with one attached hydrogen (secondary N) is 1. The molecule has 0 bridgehead atoms. The van der Waals surface area contributed by atoms with Gasteiger partial charge in [-0.3, -0.25) is 11.3 Å². The van der Waals surface area contributed by atoms with Crippen LogP contribution < -0.4 is 11.3 Å². The highest BCUT2D eigenvalue weighted by Crippen LogP contribution is 2.32. The van der Waals surface area contributed by atoms with Gasteiger partial charge in [-0.25, -0.2) is 4.39 Å². The molecule has 2 nitrogen and oxygen atoms in total. The molecule has 4 heteroatoms. The molecule has 18 heavy (non-hydrogen) atoms. The summed E-state index contributed by atoms with van der Waals surface area (Å²) in [6.45, 7) is 0. The molecule has 1 atom stereocenters. The van der Waals surface area contributed by atoms with E-state index >= 15 is 0 Å². The number of rotatable bonds is 4. The zero-order valence-corrected chi connectivity index (χ0v) is 11.2. The van der Waals surface area contributed by atoms with Crippen molar-refractivity contribution >= 4 is 11.6 Å². The summed E-state index contributed by atoms with van der Waals surface area (Å²) in [5, 5.41) is 0.159. The second kappa shape index (κ2) is 6.50. The van der Waals surface area contributed by atoms with Crippen molar-refractivity contribution in [3.05, 3.63) is 34.6 Å². The minimum Gasteiger partial charge on any atom is -0.271 e. The van der Waals surface area contributed by atoms with Gasteiger partial charge in [-0.05, 0) is 30.0 Å². The molecule has 0 radical (unpaired) electrons. The fourth-order valence-corrected chi connectivity index (χ4v) is 2.90. The van der Waals surface area contributed by atoms with E-state index in [1.165, 1.54) is 38.2 Å². The average molecular weight is 271 g/mol. The number of halogens is 2. The maximum atomic E-state index is 13.5. The number of hydrogen-bond acceptors (Lipinski definition) is 2. The molecule has 2 rings (SSSR count). The van der Waals surface area contributed by atoms with Gasteiger partial charge in [0.05, 0.1) is 5.02 Å². The molecule has 1 aromatic rings. The summed E-state index contributed by atoms with van der Waals surface area (Å²) in [5.41, 5.74) is 3.68. The highest BCUT2D eigenvalue weighted by atomic mass is 35.5. The summed E-state index contributed by atoms with van der Waals surface area (Å²) in [6.07, 6.45) is 7.43. The molecular weight excluding hydrogens is 251 g/mol. The Hall–Kier alpha value is -0.640. The Labute approximate surface area is 113 Å². The maximum Gasteiger partial charge on any atom is 0.142 e. The molecule has 1 aromatic carbocycles. The molecule has 1 fully saturated rings. The van der Waals surface area contributed by atoms with Crippen molar-refractivity contribution in [1.29, 1.82) is 0 Å². The summed E-state index contributed by atoms with van der Waals surface area (Å²) in [5.74, 6) is 5.92. The van der Waals surface area contributed by atoms with Gasteiger partial charge < -0.3 is 0 Å². The molecule has 0 amide bonds. The van der Waals surface area contributed by atoms with Crippen LogP contribution in [0.1, 0.15) is 50.1 Å². The maximum absolute atomic E-state index is 13.5. The zero-order valence-electron chi connectivity index (χ0n) is 10.5. The van der Waals surface area contributed by atoms with Crippen LogP contribution in [0.5, 0.6) is 0 Å². The van der Waals surface area contributed by atoms with Gasteiger partial charge in [0.2, 0.25) is 0 Å². The smallest absolute Gasteiger partial charge is 0.142 e. The Balaban J connectivity index is 2.04. The van der Waals surface area contributed by atoms with Gasteiger partial charge in [-0.1, -0.05) is 49.8 Å². The Morgan fingerprint density at radius 1 is 1.33 bits per heavy atom. The van der Waals surface area contributed by atoms with Crippen molar-refractivity contribution in [2.45, 2.75) is 44.6 Å². The third-order valence-corrected chi connectivity index (χ3v) is 4.15. The van der Waals surface area contributed by atoms with E-state index in [0.717, 1.165) is 12.0 Å². The Morgan fingerprint density at radius 2 is 2.06 bits per heavy atom. The molecule has 1 saturated carbocycles. The minimum absolute atomic E-state index is 0.0138. The van der Waals surface area contributed by atoms with E-state index in [-0.39, 0.29) is 16.9 Å². The molecule has 1 unspecified atom stereocenters. The van der Waals surface area contributed by atoms with Crippen molar-refractivity contribution in [2.24, 2.45) is 11.8 Å². The topological polar surface area (TPSA) is 38.0 Å². The molecule has 100 valence electrons. The van der Waals surface area contributed by atoms with Crippen LogP contribution in [-0.2, 0) is 0 Å². The fourth-order valence-electron chi connectivity index (χ4n) is 2.79. The van der Waals surface area contributed by atoms with E-state index in [1.54, 1.807) is 6.07 Å². The van der Waals surface area contributed by atoms with Crippen molar-refractivity contribution in [2.75, 3.05) is 0 Å². The molecule has 1 aliphatic rings. The molecule has 0 aliphatic heterocycles. The van der Waals surface area contributed by atoms with Gasteiger partial charge >= 0.3 is 0 Å². The fraction of sp³-hybridized carbons (Fsp3) is 0.571. The van der Waals surface area contributed by atoms with E-state index in [0.29, 0.717) is 5.92 Å². The van der Waals surface area contributed by atoms with Crippen molar-refractivity contribution in [3.63, 3.8) is 0 Å². The van der Waals surface area contributed by atoms with E-state index in [4.69, 9.17) is 17.4 Å². The summed E-state index contributed by atoms with van der Waals surface area (Å²) in [4.78, 5) is 0. The molecule has 1 aliphatic carbocycles. The highest BCUT2D eigenvalue weighted by Gasteiger charge is 2.20. The molecular formula is C14H20ClFN2. The van der Waals surface area contributed by atoms with Gasteiger partial charge in [0.15, 0.2) is 0 Å². The summed E-state index contributed by atoms with van der Waals surface area (Å²) >= 11 is 5.69. The van der Waals surface area contributed by atoms with Gasteiger partial charge in [-0.15, -0.1) is 0 Å². The number of nitrogens with two attached hydrogens (primary N) is 1. The lowest BCUT2D eigenvalue weighted by Gasteiger charge is -2.26. The summed E-state index contributed by atoms with van der Waals surface area (Å²) in [6, 6.07) is 4.94. The quantitative estimate of drug-likeness (QED) is 0.642. The second-order valence-electron chi connectivity index (χ2n) is 5.13. The third-order valence-electron chi connectivity index (χ3n) is 3.84. The van der Waals surface area contributed by atoms with Crippen LogP contribution in [-0.4, -0.2) is 0 Å².